The first-order chi connectivity index (χ1) is 7.16. The zero-order valence-electron chi connectivity index (χ0n) is 8.11. The van der Waals surface area contributed by atoms with Crippen molar-refractivity contribution in [2.24, 2.45) is 0 Å². The van der Waals surface area contributed by atoms with Gasteiger partial charge < -0.3 is 10.6 Å². The number of anilines is 2. The highest BCUT2D eigenvalue weighted by Crippen LogP contribution is 2.23. The lowest BCUT2D eigenvalue weighted by Crippen LogP contribution is -2.24. The lowest BCUT2D eigenvalue weighted by Gasteiger charge is -2.23. The number of carbonyl (C=O) groups is 1. The molecule has 2 rings (SSSR count). The van der Waals surface area contributed by atoms with Crippen molar-refractivity contribution in [2.75, 3.05) is 17.2 Å². The van der Waals surface area contributed by atoms with Gasteiger partial charge in [-0.05, 0) is 24.3 Å². The molecule has 1 aliphatic heterocycles. The number of rotatable bonds is 1. The van der Waals surface area contributed by atoms with Crippen molar-refractivity contribution in [1.82, 2.24) is 0 Å². The number of nitrogens with zero attached hydrogens (tertiary/aromatic N) is 1. The minimum atomic E-state index is -0.367. The van der Waals surface area contributed by atoms with E-state index >= 15 is 0 Å². The van der Waals surface area contributed by atoms with Crippen molar-refractivity contribution in [3.05, 3.63) is 36.3 Å². The topological polar surface area (TPSA) is 46.3 Å². The minimum absolute atomic E-state index is 0.0714. The second-order valence-electron chi connectivity index (χ2n) is 3.44. The normalized spacial score (nSPS) is 15.8. The summed E-state index contributed by atoms with van der Waals surface area (Å²) in [5.74, 6) is -0.295. The molecule has 0 amide bonds. The predicted molar refractivity (Wildman–Crippen MR) is 56.9 cm³/mol. The minimum Gasteiger partial charge on any atom is -0.399 e. The average Bonchev–Trinajstić information content (AvgIpc) is 2.20. The van der Waals surface area contributed by atoms with Crippen LogP contribution in [0.3, 0.4) is 0 Å². The van der Waals surface area contributed by atoms with Gasteiger partial charge in [0.25, 0.3) is 0 Å². The standard InChI is InChI=1S/C11H11FN2O/c12-10-7-8(13)1-2-11(10)14-5-3-9(15)4-6-14/h1-3,5,7H,4,6,13H2. The molecule has 0 atom stereocenters. The summed E-state index contributed by atoms with van der Waals surface area (Å²) in [6, 6.07) is 4.53. The molecule has 1 aliphatic rings. The maximum atomic E-state index is 13.5. The maximum absolute atomic E-state index is 13.5. The molecule has 78 valence electrons. The molecular formula is C11H11FN2O. The van der Waals surface area contributed by atoms with Crippen LogP contribution in [-0.2, 0) is 4.79 Å². The Hall–Kier alpha value is -1.84. The van der Waals surface area contributed by atoms with E-state index in [1.165, 1.54) is 12.1 Å². The predicted octanol–water partition coefficient (Wildman–Crippen LogP) is 1.70. The third-order valence-electron chi connectivity index (χ3n) is 2.32. The number of nitrogens with two attached hydrogens (primary N) is 1. The van der Waals surface area contributed by atoms with E-state index in [-0.39, 0.29) is 11.6 Å². The van der Waals surface area contributed by atoms with Crippen LogP contribution in [0, 0.1) is 5.82 Å². The van der Waals surface area contributed by atoms with Gasteiger partial charge in [-0.2, -0.15) is 0 Å². The Kier molecular flexibility index (Phi) is 2.41. The Bertz CT molecular complexity index is 429. The molecule has 1 aromatic carbocycles. The summed E-state index contributed by atoms with van der Waals surface area (Å²) in [5, 5.41) is 0. The Morgan fingerprint density at radius 2 is 2.20 bits per heavy atom. The summed E-state index contributed by atoms with van der Waals surface area (Å²) in [7, 11) is 0. The summed E-state index contributed by atoms with van der Waals surface area (Å²) in [5.41, 5.74) is 6.30. The molecule has 15 heavy (non-hydrogen) atoms. The summed E-state index contributed by atoms with van der Waals surface area (Å²) in [6.45, 7) is 0.510. The molecule has 1 heterocycles. The highest BCUT2D eigenvalue weighted by Gasteiger charge is 2.14. The first-order valence-electron chi connectivity index (χ1n) is 4.69. The fourth-order valence-corrected chi connectivity index (χ4v) is 1.52. The van der Waals surface area contributed by atoms with Crippen molar-refractivity contribution in [2.45, 2.75) is 6.42 Å². The fourth-order valence-electron chi connectivity index (χ4n) is 1.52. The summed E-state index contributed by atoms with van der Waals surface area (Å²) < 4.78 is 13.5. The van der Waals surface area contributed by atoms with Crippen LogP contribution in [0.4, 0.5) is 15.8 Å². The molecule has 0 aromatic heterocycles. The molecule has 0 unspecified atom stereocenters. The molecule has 0 saturated heterocycles. The molecule has 2 N–H and O–H groups in total. The zero-order chi connectivity index (χ0) is 10.8. The van der Waals surface area contributed by atoms with E-state index in [1.807, 2.05) is 0 Å². The second-order valence-corrected chi connectivity index (χ2v) is 3.44. The van der Waals surface area contributed by atoms with E-state index < -0.39 is 0 Å². The molecule has 0 saturated carbocycles. The van der Waals surface area contributed by atoms with Crippen molar-refractivity contribution in [1.29, 1.82) is 0 Å². The smallest absolute Gasteiger partial charge is 0.158 e. The second kappa shape index (κ2) is 3.73. The number of nitrogen functional groups attached to an aromatic ring is 1. The van der Waals surface area contributed by atoms with Gasteiger partial charge in [0.05, 0.1) is 5.69 Å². The monoisotopic (exact) mass is 206 g/mol. The largest absolute Gasteiger partial charge is 0.399 e. The van der Waals surface area contributed by atoms with Crippen LogP contribution in [0.2, 0.25) is 0 Å². The number of benzene rings is 1. The number of hydrogen-bond acceptors (Lipinski definition) is 3. The van der Waals surface area contributed by atoms with Crippen LogP contribution in [0.1, 0.15) is 6.42 Å². The van der Waals surface area contributed by atoms with Crippen LogP contribution >= 0.6 is 0 Å². The number of hydrogen-bond donors (Lipinski definition) is 1. The Balaban J connectivity index is 2.30. The summed E-state index contributed by atoms with van der Waals surface area (Å²) in [4.78, 5) is 12.7. The molecule has 4 heteroatoms. The van der Waals surface area contributed by atoms with Crippen molar-refractivity contribution >= 4 is 17.2 Å². The Morgan fingerprint density at radius 3 is 2.80 bits per heavy atom. The van der Waals surface area contributed by atoms with E-state index in [0.717, 1.165) is 0 Å². The van der Waals surface area contributed by atoms with Crippen LogP contribution in [-0.4, -0.2) is 12.3 Å². The highest BCUT2D eigenvalue weighted by molar-refractivity contribution is 5.91. The summed E-state index contributed by atoms with van der Waals surface area (Å²) >= 11 is 0. The lowest BCUT2D eigenvalue weighted by molar-refractivity contribution is -0.114. The molecule has 0 fully saturated rings. The third kappa shape index (κ3) is 1.98. The first kappa shape index (κ1) is 9.71. The number of carbonyl (C=O) groups excluding carboxylic acids is 1. The quantitative estimate of drug-likeness (QED) is 0.711. The lowest BCUT2D eigenvalue weighted by atomic mass is 10.2. The van der Waals surface area contributed by atoms with E-state index in [4.69, 9.17) is 5.73 Å². The number of halogens is 1. The van der Waals surface area contributed by atoms with Crippen LogP contribution < -0.4 is 10.6 Å². The summed E-state index contributed by atoms with van der Waals surface area (Å²) in [6.07, 6.45) is 3.47. The molecule has 0 radical (unpaired) electrons. The highest BCUT2D eigenvalue weighted by atomic mass is 19.1. The SMILES string of the molecule is Nc1ccc(N2C=CC(=O)CC2)c(F)c1. The molecular weight excluding hydrogens is 195 g/mol. The molecule has 3 nitrogen and oxygen atoms in total. The van der Waals surface area contributed by atoms with Gasteiger partial charge >= 0.3 is 0 Å². The number of allylic oxidation sites excluding steroid dienone is 1. The van der Waals surface area contributed by atoms with Gasteiger partial charge in [-0.25, -0.2) is 4.39 Å². The Labute approximate surface area is 87.0 Å². The van der Waals surface area contributed by atoms with Crippen LogP contribution in [0.5, 0.6) is 0 Å². The first-order valence-corrected chi connectivity index (χ1v) is 4.69. The van der Waals surface area contributed by atoms with Gasteiger partial charge in [-0.1, -0.05) is 0 Å². The average molecular weight is 206 g/mol. The maximum Gasteiger partial charge on any atom is 0.158 e. The van der Waals surface area contributed by atoms with Crippen molar-refractivity contribution in [3.8, 4) is 0 Å². The zero-order valence-corrected chi connectivity index (χ0v) is 8.11. The number of ketones is 1. The van der Waals surface area contributed by atoms with E-state index in [1.54, 1.807) is 23.2 Å². The van der Waals surface area contributed by atoms with E-state index in [2.05, 4.69) is 0 Å². The molecule has 0 aliphatic carbocycles. The van der Waals surface area contributed by atoms with Crippen LogP contribution in [0.25, 0.3) is 0 Å². The van der Waals surface area contributed by atoms with Gasteiger partial charge in [0.1, 0.15) is 5.82 Å². The molecule has 0 bridgehead atoms. The van der Waals surface area contributed by atoms with Crippen LogP contribution in [0.15, 0.2) is 30.5 Å². The van der Waals surface area contributed by atoms with Gasteiger partial charge in [0.2, 0.25) is 0 Å². The van der Waals surface area contributed by atoms with E-state index in [9.17, 15) is 9.18 Å². The van der Waals surface area contributed by atoms with Gasteiger partial charge in [-0.3, -0.25) is 4.79 Å². The molecule has 0 spiro atoms. The van der Waals surface area contributed by atoms with E-state index in [0.29, 0.717) is 24.3 Å². The van der Waals surface area contributed by atoms with Crippen molar-refractivity contribution < 1.29 is 9.18 Å². The van der Waals surface area contributed by atoms with Gasteiger partial charge in [-0.15, -0.1) is 0 Å². The van der Waals surface area contributed by atoms with Gasteiger partial charge in [0.15, 0.2) is 5.78 Å². The van der Waals surface area contributed by atoms with Crippen molar-refractivity contribution in [3.63, 3.8) is 0 Å². The fraction of sp³-hybridized carbons (Fsp3) is 0.182. The Morgan fingerprint density at radius 1 is 1.40 bits per heavy atom. The van der Waals surface area contributed by atoms with Gasteiger partial charge in [0, 0.05) is 24.9 Å². The third-order valence-corrected chi connectivity index (χ3v) is 2.32. The molecule has 1 aromatic rings.